The quantitative estimate of drug-likeness (QED) is 0.825. The van der Waals surface area contributed by atoms with Gasteiger partial charge in [-0.25, -0.2) is 0 Å². The summed E-state index contributed by atoms with van der Waals surface area (Å²) >= 11 is 2.12. The molecule has 0 spiro atoms. The monoisotopic (exact) mass is 248 g/mol. The maximum Gasteiger partial charge on any atom is 0.193 e. The minimum atomic E-state index is -1.14. The predicted octanol–water partition coefficient (Wildman–Crippen LogP) is 1.48. The van der Waals surface area contributed by atoms with E-state index in [9.17, 15) is 4.55 Å². The molecule has 0 aromatic carbocycles. The summed E-state index contributed by atoms with van der Waals surface area (Å²) in [5, 5.41) is 0. The third kappa shape index (κ3) is 2.75. The highest BCUT2D eigenvalue weighted by Crippen LogP contribution is 2.13. The van der Waals surface area contributed by atoms with Crippen molar-refractivity contribution in [2.24, 2.45) is 0 Å². The summed E-state index contributed by atoms with van der Waals surface area (Å²) in [4.78, 5) is 4.59. The van der Waals surface area contributed by atoms with Crippen LogP contribution in [0.15, 0.2) is 27.8 Å². The van der Waals surface area contributed by atoms with Crippen LogP contribution in [0.5, 0.6) is 0 Å². The largest absolute Gasteiger partial charge is 0.593 e. The Labute approximate surface area is 83.0 Å². The van der Waals surface area contributed by atoms with Crippen LogP contribution in [-0.2, 0) is 11.4 Å². The molecular weight excluding hydrogens is 240 g/mol. The Morgan fingerprint density at radius 3 is 3.00 bits per heavy atom. The molecule has 1 unspecified atom stereocenters. The number of nitrogens with one attached hydrogen (secondary N) is 1. The molecule has 0 saturated heterocycles. The lowest BCUT2D eigenvalue weighted by Crippen LogP contribution is -2.23. The molecule has 0 radical (unpaired) electrons. The molecule has 12 heavy (non-hydrogen) atoms. The number of rotatable bonds is 3. The van der Waals surface area contributed by atoms with Gasteiger partial charge in [-0.3, -0.25) is 4.98 Å². The number of nitrogens with zero attached hydrogens (tertiary/aromatic N) is 1. The van der Waals surface area contributed by atoms with Gasteiger partial charge in [-0.2, -0.15) is 0 Å². The summed E-state index contributed by atoms with van der Waals surface area (Å²) in [5.74, 6) is 0. The van der Waals surface area contributed by atoms with Crippen molar-refractivity contribution in [3.05, 3.63) is 22.9 Å². The zero-order chi connectivity index (χ0) is 8.97. The highest BCUT2D eigenvalue weighted by Gasteiger charge is 2.09. The number of halogens is 1. The van der Waals surface area contributed by atoms with Gasteiger partial charge in [0, 0.05) is 23.3 Å². The van der Waals surface area contributed by atoms with Gasteiger partial charge in [0.2, 0.25) is 0 Å². The Bertz CT molecular complexity index is 259. The molecule has 0 aliphatic heterocycles. The first-order valence-electron chi connectivity index (χ1n) is 3.50. The summed E-state index contributed by atoms with van der Waals surface area (Å²) in [6.07, 6.45) is 3.25. The van der Waals surface area contributed by atoms with E-state index in [2.05, 4.69) is 25.6 Å². The van der Waals surface area contributed by atoms with Gasteiger partial charge in [0.15, 0.2) is 4.90 Å². The first-order chi connectivity index (χ1) is 5.74. The lowest BCUT2D eigenvalue weighted by atomic mass is 10.5. The molecule has 0 fully saturated rings. The van der Waals surface area contributed by atoms with Gasteiger partial charge in [0.1, 0.15) is 0 Å². The van der Waals surface area contributed by atoms with Crippen molar-refractivity contribution in [3.63, 3.8) is 0 Å². The van der Waals surface area contributed by atoms with Gasteiger partial charge in [-0.05, 0) is 22.9 Å². The number of hydrogen-bond donors (Lipinski definition) is 1. The van der Waals surface area contributed by atoms with Crippen molar-refractivity contribution in [3.8, 4) is 0 Å². The van der Waals surface area contributed by atoms with E-state index >= 15 is 0 Å². The fraction of sp³-hybridized carbons (Fsp3) is 0.286. The van der Waals surface area contributed by atoms with E-state index in [4.69, 9.17) is 0 Å². The molecule has 1 aromatic rings. The first kappa shape index (κ1) is 9.98. The van der Waals surface area contributed by atoms with Crippen molar-refractivity contribution >= 4 is 27.3 Å². The summed E-state index contributed by atoms with van der Waals surface area (Å²) in [5.41, 5.74) is 0. The van der Waals surface area contributed by atoms with Gasteiger partial charge < -0.3 is 4.55 Å². The van der Waals surface area contributed by atoms with Crippen LogP contribution < -0.4 is 4.72 Å². The van der Waals surface area contributed by atoms with E-state index in [0.717, 1.165) is 4.47 Å². The molecule has 1 heterocycles. The molecule has 66 valence electrons. The summed E-state index contributed by atoms with van der Waals surface area (Å²) < 4.78 is 15.0. The molecule has 1 aromatic heterocycles. The molecule has 5 heteroatoms. The molecule has 1 rings (SSSR count). The van der Waals surface area contributed by atoms with Crippen molar-refractivity contribution in [1.82, 2.24) is 9.71 Å². The van der Waals surface area contributed by atoms with Crippen LogP contribution in [0.1, 0.15) is 6.92 Å². The van der Waals surface area contributed by atoms with Gasteiger partial charge >= 0.3 is 0 Å². The molecule has 0 saturated carbocycles. The zero-order valence-corrected chi connectivity index (χ0v) is 8.98. The molecular formula is C7H9BrN2OS. The molecule has 1 N–H and O–H groups in total. The second-order valence-corrected chi connectivity index (χ2v) is 4.32. The van der Waals surface area contributed by atoms with E-state index in [-0.39, 0.29) is 0 Å². The SMILES string of the molecule is CCN[S+]([O-])c1cncc(Br)c1. The number of aromatic nitrogens is 1. The molecule has 0 aliphatic rings. The van der Waals surface area contributed by atoms with Crippen LogP contribution in [0.4, 0.5) is 0 Å². The van der Waals surface area contributed by atoms with E-state index in [1.54, 1.807) is 18.5 Å². The van der Waals surface area contributed by atoms with Crippen LogP contribution in [0.2, 0.25) is 0 Å². The normalized spacial score (nSPS) is 12.9. The number of hydrogen-bond acceptors (Lipinski definition) is 3. The molecule has 0 bridgehead atoms. The van der Waals surface area contributed by atoms with E-state index in [0.29, 0.717) is 11.4 Å². The van der Waals surface area contributed by atoms with E-state index in [1.807, 2.05) is 6.92 Å². The Balaban J connectivity index is 2.73. The topological polar surface area (TPSA) is 48.0 Å². The average molecular weight is 249 g/mol. The maximum absolute atomic E-state index is 11.3. The second-order valence-electron chi connectivity index (χ2n) is 2.11. The van der Waals surface area contributed by atoms with Crippen molar-refractivity contribution in [2.75, 3.05) is 6.54 Å². The number of pyridine rings is 1. The molecule has 3 nitrogen and oxygen atoms in total. The minimum Gasteiger partial charge on any atom is -0.593 e. The van der Waals surface area contributed by atoms with Crippen molar-refractivity contribution < 1.29 is 4.55 Å². The van der Waals surface area contributed by atoms with Gasteiger partial charge in [-0.15, -0.1) is 4.72 Å². The maximum atomic E-state index is 11.3. The van der Waals surface area contributed by atoms with Gasteiger partial charge in [0.25, 0.3) is 0 Å². The third-order valence-electron chi connectivity index (χ3n) is 1.17. The predicted molar refractivity (Wildman–Crippen MR) is 52.0 cm³/mol. The standard InChI is InChI=1S/C7H9BrN2OS/c1-2-10-12(11)7-3-6(8)4-9-5-7/h3-5,10H,2H2,1H3. The highest BCUT2D eigenvalue weighted by atomic mass is 79.9. The smallest absolute Gasteiger partial charge is 0.193 e. The van der Waals surface area contributed by atoms with E-state index in [1.165, 1.54) is 0 Å². The molecule has 0 aliphatic carbocycles. The summed E-state index contributed by atoms with van der Waals surface area (Å²) in [7, 11) is 0. The van der Waals surface area contributed by atoms with E-state index < -0.39 is 11.4 Å². The zero-order valence-electron chi connectivity index (χ0n) is 6.58. The molecule has 1 atom stereocenters. The van der Waals surface area contributed by atoms with Crippen LogP contribution >= 0.6 is 15.9 Å². The molecule has 0 amide bonds. The van der Waals surface area contributed by atoms with Gasteiger partial charge in [0.05, 0.1) is 17.6 Å². The first-order valence-corrected chi connectivity index (χ1v) is 5.44. The van der Waals surface area contributed by atoms with Crippen LogP contribution in [0.25, 0.3) is 0 Å². The lowest BCUT2D eigenvalue weighted by Gasteiger charge is -2.07. The second kappa shape index (κ2) is 4.81. The Morgan fingerprint density at radius 2 is 2.42 bits per heavy atom. The third-order valence-corrected chi connectivity index (χ3v) is 2.81. The van der Waals surface area contributed by atoms with Gasteiger partial charge in [-0.1, -0.05) is 0 Å². The Morgan fingerprint density at radius 1 is 1.67 bits per heavy atom. The van der Waals surface area contributed by atoms with Crippen LogP contribution in [0, 0.1) is 0 Å². The fourth-order valence-electron chi connectivity index (χ4n) is 0.708. The van der Waals surface area contributed by atoms with Crippen LogP contribution in [0.3, 0.4) is 0 Å². The summed E-state index contributed by atoms with van der Waals surface area (Å²) in [6.45, 7) is 2.59. The summed E-state index contributed by atoms with van der Waals surface area (Å²) in [6, 6.07) is 1.78. The van der Waals surface area contributed by atoms with Crippen molar-refractivity contribution in [1.29, 1.82) is 0 Å². The van der Waals surface area contributed by atoms with Crippen molar-refractivity contribution in [2.45, 2.75) is 11.8 Å². The Hall–Kier alpha value is -0.100. The average Bonchev–Trinajstić information content (AvgIpc) is 2.05. The van der Waals surface area contributed by atoms with Crippen LogP contribution in [-0.4, -0.2) is 16.1 Å². The Kier molecular flexibility index (Phi) is 4.00. The highest BCUT2D eigenvalue weighted by molar-refractivity contribution is 9.10. The lowest BCUT2D eigenvalue weighted by molar-refractivity contribution is 0.582. The minimum absolute atomic E-state index is 0.680. The fourth-order valence-corrected chi connectivity index (χ4v) is 2.04.